The number of sulfone groups is 1. The molecule has 14 heavy (non-hydrogen) atoms. The summed E-state index contributed by atoms with van der Waals surface area (Å²) < 4.78 is 22.2. The first-order chi connectivity index (χ1) is 6.43. The highest BCUT2D eigenvalue weighted by Crippen LogP contribution is 2.03. The van der Waals surface area contributed by atoms with Crippen LogP contribution in [0.1, 0.15) is 5.69 Å². The van der Waals surface area contributed by atoms with Crippen molar-refractivity contribution in [3.05, 3.63) is 22.2 Å². The van der Waals surface area contributed by atoms with Gasteiger partial charge in [-0.15, -0.1) is 0 Å². The van der Waals surface area contributed by atoms with Crippen LogP contribution in [0.3, 0.4) is 0 Å². The Morgan fingerprint density at radius 3 is 2.71 bits per heavy atom. The van der Waals surface area contributed by atoms with Gasteiger partial charge in [-0.2, -0.15) is 4.98 Å². The van der Waals surface area contributed by atoms with E-state index in [0.717, 1.165) is 6.26 Å². The number of aromatic amines is 1. The van der Waals surface area contributed by atoms with Crippen LogP contribution in [0.25, 0.3) is 0 Å². The summed E-state index contributed by atoms with van der Waals surface area (Å²) in [6, 6.07) is 1.32. The molecule has 0 unspecified atom stereocenters. The van der Waals surface area contributed by atoms with Crippen molar-refractivity contribution in [3.63, 3.8) is 0 Å². The maximum Gasteiger partial charge on any atom is 0.346 e. The fraction of sp³-hybridized carbons (Fsp3) is 0.429. The molecule has 1 heterocycles. The maximum absolute atomic E-state index is 11.1. The Balaban J connectivity index is 3.28. The maximum atomic E-state index is 11.1. The molecule has 0 aliphatic carbocycles. The Kier molecular flexibility index (Phi) is 3.02. The van der Waals surface area contributed by atoms with Gasteiger partial charge in [-0.25, -0.2) is 13.2 Å². The second-order valence-corrected chi connectivity index (χ2v) is 4.82. The smallest absolute Gasteiger partial charge is 0.330 e. The highest BCUT2D eigenvalue weighted by Gasteiger charge is 2.10. The Labute approximate surface area is 81.1 Å². The van der Waals surface area contributed by atoms with Gasteiger partial charge in [-0.05, 0) is 19.0 Å². The fourth-order valence-corrected chi connectivity index (χ4v) is 1.57. The molecule has 0 spiro atoms. The first-order valence-corrected chi connectivity index (χ1v) is 5.83. The Bertz CT molecular complexity index is 477. The normalized spacial score (nSPS) is 11.6. The van der Waals surface area contributed by atoms with E-state index in [-0.39, 0.29) is 5.03 Å². The lowest BCUT2D eigenvalue weighted by molar-refractivity contribution is 0.596. The van der Waals surface area contributed by atoms with Gasteiger partial charge in [0.25, 0.3) is 0 Å². The molecule has 0 saturated carbocycles. The first kappa shape index (κ1) is 10.9. The fourth-order valence-electron chi connectivity index (χ4n) is 0.963. The molecule has 0 saturated heterocycles. The summed E-state index contributed by atoms with van der Waals surface area (Å²) in [5.74, 6) is 0. The van der Waals surface area contributed by atoms with Crippen LogP contribution in [0.5, 0.6) is 0 Å². The zero-order valence-corrected chi connectivity index (χ0v) is 8.47. The lowest BCUT2D eigenvalue weighted by Crippen LogP contribution is -2.18. The average Bonchev–Trinajstić information content (AvgIpc) is 2.02. The van der Waals surface area contributed by atoms with Crippen LogP contribution in [0.15, 0.2) is 15.9 Å². The average molecular weight is 217 g/mol. The van der Waals surface area contributed by atoms with E-state index in [9.17, 15) is 13.2 Å². The summed E-state index contributed by atoms with van der Waals surface area (Å²) in [5.41, 5.74) is 5.09. The monoisotopic (exact) mass is 217 g/mol. The highest BCUT2D eigenvalue weighted by molar-refractivity contribution is 7.90. The molecule has 0 radical (unpaired) electrons. The van der Waals surface area contributed by atoms with Crippen molar-refractivity contribution >= 4 is 9.84 Å². The molecular formula is C7H11N3O3S. The zero-order valence-electron chi connectivity index (χ0n) is 7.65. The lowest BCUT2D eigenvalue weighted by Gasteiger charge is -2.00. The molecule has 6 nitrogen and oxygen atoms in total. The summed E-state index contributed by atoms with van der Waals surface area (Å²) in [6.07, 6.45) is 1.42. The van der Waals surface area contributed by atoms with Gasteiger partial charge < -0.3 is 10.7 Å². The van der Waals surface area contributed by atoms with E-state index >= 15 is 0 Å². The third-order valence-electron chi connectivity index (χ3n) is 1.57. The van der Waals surface area contributed by atoms with Crippen LogP contribution in [0.2, 0.25) is 0 Å². The molecule has 0 aromatic carbocycles. The number of rotatable bonds is 3. The van der Waals surface area contributed by atoms with Crippen molar-refractivity contribution in [3.8, 4) is 0 Å². The van der Waals surface area contributed by atoms with Crippen LogP contribution < -0.4 is 11.4 Å². The van der Waals surface area contributed by atoms with Crippen LogP contribution >= 0.6 is 0 Å². The van der Waals surface area contributed by atoms with Gasteiger partial charge in [0.15, 0.2) is 14.9 Å². The van der Waals surface area contributed by atoms with Crippen molar-refractivity contribution in [2.45, 2.75) is 11.4 Å². The highest BCUT2D eigenvalue weighted by atomic mass is 32.2. The SMILES string of the molecule is CS(=O)(=O)c1cc(CCN)[nH]c(=O)n1. The van der Waals surface area contributed by atoms with E-state index in [1.807, 2.05) is 0 Å². The minimum atomic E-state index is -3.44. The summed E-state index contributed by atoms with van der Waals surface area (Å²) in [7, 11) is -3.44. The minimum Gasteiger partial charge on any atom is -0.330 e. The van der Waals surface area contributed by atoms with Crippen LogP contribution in [0.4, 0.5) is 0 Å². The number of hydrogen-bond acceptors (Lipinski definition) is 5. The van der Waals surface area contributed by atoms with Crippen LogP contribution in [-0.4, -0.2) is 31.2 Å². The van der Waals surface area contributed by atoms with Gasteiger partial charge >= 0.3 is 5.69 Å². The van der Waals surface area contributed by atoms with Gasteiger partial charge in [-0.1, -0.05) is 0 Å². The lowest BCUT2D eigenvalue weighted by atomic mass is 10.3. The molecular weight excluding hydrogens is 206 g/mol. The van der Waals surface area contributed by atoms with Gasteiger partial charge in [0.1, 0.15) is 0 Å². The molecule has 0 bridgehead atoms. The van der Waals surface area contributed by atoms with Gasteiger partial charge in [0.2, 0.25) is 0 Å². The van der Waals surface area contributed by atoms with E-state index < -0.39 is 15.5 Å². The minimum absolute atomic E-state index is 0.218. The second kappa shape index (κ2) is 3.89. The second-order valence-electron chi connectivity index (χ2n) is 2.86. The first-order valence-electron chi connectivity index (χ1n) is 3.94. The molecule has 0 amide bonds. The number of nitrogens with one attached hydrogen (secondary N) is 1. The van der Waals surface area contributed by atoms with E-state index in [1.54, 1.807) is 0 Å². The van der Waals surface area contributed by atoms with Gasteiger partial charge in [0.05, 0.1) is 0 Å². The van der Waals surface area contributed by atoms with Crippen LogP contribution in [0, 0.1) is 0 Å². The molecule has 1 aromatic heterocycles. The molecule has 1 aromatic rings. The molecule has 0 aliphatic rings. The summed E-state index contributed by atoms with van der Waals surface area (Å²) in [4.78, 5) is 16.7. The van der Waals surface area contributed by atoms with E-state index in [2.05, 4.69) is 9.97 Å². The van der Waals surface area contributed by atoms with Crippen molar-refractivity contribution in [2.24, 2.45) is 5.73 Å². The van der Waals surface area contributed by atoms with E-state index in [1.165, 1.54) is 6.07 Å². The van der Waals surface area contributed by atoms with Gasteiger partial charge in [-0.3, -0.25) is 0 Å². The van der Waals surface area contributed by atoms with E-state index in [0.29, 0.717) is 18.7 Å². The predicted molar refractivity (Wildman–Crippen MR) is 50.7 cm³/mol. The van der Waals surface area contributed by atoms with Gasteiger partial charge in [0, 0.05) is 11.9 Å². The molecule has 3 N–H and O–H groups in total. The third kappa shape index (κ3) is 2.64. The number of nitrogens with two attached hydrogens (primary N) is 1. The van der Waals surface area contributed by atoms with Crippen molar-refractivity contribution in [1.82, 2.24) is 9.97 Å². The van der Waals surface area contributed by atoms with E-state index in [4.69, 9.17) is 5.73 Å². The third-order valence-corrected chi connectivity index (χ3v) is 2.54. The molecule has 1 rings (SSSR count). The van der Waals surface area contributed by atoms with Crippen LogP contribution in [-0.2, 0) is 16.3 Å². The van der Waals surface area contributed by atoms with Crippen molar-refractivity contribution in [2.75, 3.05) is 12.8 Å². The predicted octanol–water partition coefficient (Wildman–Crippen LogP) is -1.33. The molecule has 0 atom stereocenters. The molecule has 0 aliphatic heterocycles. The zero-order chi connectivity index (χ0) is 10.8. The Hall–Kier alpha value is -1.21. The summed E-state index contributed by atoms with van der Waals surface area (Å²) in [6.45, 7) is 0.336. The molecule has 7 heteroatoms. The Morgan fingerprint density at radius 1 is 1.57 bits per heavy atom. The van der Waals surface area contributed by atoms with Crippen molar-refractivity contribution in [1.29, 1.82) is 0 Å². The number of nitrogens with zero attached hydrogens (tertiary/aromatic N) is 1. The topological polar surface area (TPSA) is 106 Å². The number of H-pyrrole nitrogens is 1. The largest absolute Gasteiger partial charge is 0.346 e. The summed E-state index contributed by atoms with van der Waals surface area (Å²) >= 11 is 0. The number of hydrogen-bond donors (Lipinski definition) is 2. The molecule has 0 fully saturated rings. The summed E-state index contributed by atoms with van der Waals surface area (Å²) in [5, 5.41) is -0.218. The number of aromatic nitrogens is 2. The van der Waals surface area contributed by atoms with Crippen molar-refractivity contribution < 1.29 is 8.42 Å². The standard InChI is InChI=1S/C7H11N3O3S/c1-14(12,13)6-4-5(2-3-8)9-7(11)10-6/h4H,2-3,8H2,1H3,(H,9,10,11). The Morgan fingerprint density at radius 2 is 2.21 bits per heavy atom. The quantitative estimate of drug-likeness (QED) is 0.610. The molecule has 78 valence electrons.